The van der Waals surface area contributed by atoms with Gasteiger partial charge in [-0.25, -0.2) is 4.79 Å². The van der Waals surface area contributed by atoms with Crippen molar-refractivity contribution in [2.75, 3.05) is 11.1 Å². The molecule has 0 aliphatic carbocycles. The number of nitrogens with zero attached hydrogens (tertiary/aromatic N) is 3. The number of anilines is 1. The maximum atomic E-state index is 12.6. The van der Waals surface area contributed by atoms with Crippen molar-refractivity contribution < 1.29 is 19.1 Å². The summed E-state index contributed by atoms with van der Waals surface area (Å²) < 4.78 is 7.05. The Bertz CT molecular complexity index is 777. The van der Waals surface area contributed by atoms with E-state index < -0.39 is 24.0 Å². The molecule has 2 aliphatic heterocycles. The van der Waals surface area contributed by atoms with Crippen molar-refractivity contribution in [3.63, 3.8) is 0 Å². The predicted molar refractivity (Wildman–Crippen MR) is 97.6 cm³/mol. The van der Waals surface area contributed by atoms with E-state index in [1.165, 1.54) is 6.92 Å². The molecule has 0 saturated carbocycles. The SMILES string of the molecule is Cc1nn(C)c(C)c1NC(=O)[C@H](C)OC(=O)[C@H]1CS[C@@]2(C)CCC(=O)N12. The lowest BCUT2D eigenvalue weighted by molar-refractivity contribution is -0.160. The van der Waals surface area contributed by atoms with Crippen LogP contribution in [0.15, 0.2) is 0 Å². The van der Waals surface area contributed by atoms with Gasteiger partial charge < -0.3 is 15.0 Å². The number of carbonyl (C=O) groups excluding carboxylic acids is 3. The fraction of sp³-hybridized carbons (Fsp3) is 0.647. The summed E-state index contributed by atoms with van der Waals surface area (Å²) in [6.45, 7) is 7.15. The summed E-state index contributed by atoms with van der Waals surface area (Å²) in [6.07, 6.45) is 0.217. The third kappa shape index (κ3) is 3.08. The van der Waals surface area contributed by atoms with Crippen molar-refractivity contribution in [1.29, 1.82) is 0 Å². The molecule has 3 heterocycles. The van der Waals surface area contributed by atoms with Crippen molar-refractivity contribution in [3.8, 4) is 0 Å². The molecule has 2 saturated heterocycles. The molecule has 9 heteroatoms. The van der Waals surface area contributed by atoms with Crippen LogP contribution in [0.1, 0.15) is 38.1 Å². The zero-order chi connectivity index (χ0) is 19.2. The van der Waals surface area contributed by atoms with Crippen LogP contribution in [0.25, 0.3) is 0 Å². The fourth-order valence-electron chi connectivity index (χ4n) is 3.48. The highest BCUT2D eigenvalue weighted by molar-refractivity contribution is 8.01. The number of rotatable bonds is 4. The molecule has 2 aliphatic rings. The Labute approximate surface area is 156 Å². The van der Waals surface area contributed by atoms with Crippen LogP contribution < -0.4 is 5.32 Å². The van der Waals surface area contributed by atoms with Crippen LogP contribution >= 0.6 is 11.8 Å². The van der Waals surface area contributed by atoms with Gasteiger partial charge in [-0.1, -0.05) is 0 Å². The summed E-state index contributed by atoms with van der Waals surface area (Å²) in [6, 6.07) is -0.628. The Hall–Kier alpha value is -2.03. The van der Waals surface area contributed by atoms with E-state index in [2.05, 4.69) is 10.4 Å². The molecule has 0 aromatic carbocycles. The van der Waals surface area contributed by atoms with Crippen LogP contribution in [0, 0.1) is 13.8 Å². The maximum absolute atomic E-state index is 12.6. The van der Waals surface area contributed by atoms with Gasteiger partial charge in [0, 0.05) is 19.2 Å². The van der Waals surface area contributed by atoms with Crippen molar-refractivity contribution in [2.45, 2.75) is 57.6 Å². The first kappa shape index (κ1) is 18.8. The van der Waals surface area contributed by atoms with Gasteiger partial charge in [-0.05, 0) is 34.1 Å². The lowest BCUT2D eigenvalue weighted by Gasteiger charge is -2.29. The van der Waals surface area contributed by atoms with E-state index in [0.29, 0.717) is 23.6 Å². The normalized spacial score (nSPS) is 26.0. The molecule has 1 aromatic heterocycles. The average Bonchev–Trinajstić information content (AvgIpc) is 3.15. The Balaban J connectivity index is 1.64. The number of thioether (sulfide) groups is 1. The molecule has 0 spiro atoms. The second-order valence-corrected chi connectivity index (χ2v) is 8.50. The largest absolute Gasteiger partial charge is 0.451 e. The Morgan fingerprint density at radius 1 is 1.42 bits per heavy atom. The number of hydrogen-bond donors (Lipinski definition) is 1. The number of fused-ring (bicyclic) bond motifs is 1. The maximum Gasteiger partial charge on any atom is 0.330 e. The van der Waals surface area contributed by atoms with Crippen molar-refractivity contribution in [3.05, 3.63) is 11.4 Å². The van der Waals surface area contributed by atoms with E-state index in [0.717, 1.165) is 12.1 Å². The second kappa shape index (κ2) is 6.61. The zero-order valence-corrected chi connectivity index (χ0v) is 16.5. The number of aryl methyl sites for hydroxylation is 2. The Kier molecular flexibility index (Phi) is 4.76. The van der Waals surface area contributed by atoms with Crippen molar-refractivity contribution in [1.82, 2.24) is 14.7 Å². The third-order valence-corrected chi connectivity index (χ3v) is 6.64. The molecule has 3 atom stereocenters. The molecule has 26 heavy (non-hydrogen) atoms. The van der Waals surface area contributed by atoms with Crippen LogP contribution in [0.3, 0.4) is 0 Å². The molecular weight excluding hydrogens is 356 g/mol. The van der Waals surface area contributed by atoms with E-state index >= 15 is 0 Å². The lowest BCUT2D eigenvalue weighted by atomic mass is 10.2. The number of ether oxygens (including phenoxy) is 1. The second-order valence-electron chi connectivity index (χ2n) is 7.00. The quantitative estimate of drug-likeness (QED) is 0.793. The van der Waals surface area contributed by atoms with E-state index in [-0.39, 0.29) is 10.8 Å². The smallest absolute Gasteiger partial charge is 0.330 e. The highest BCUT2D eigenvalue weighted by Crippen LogP contribution is 2.47. The first-order chi connectivity index (χ1) is 12.1. The van der Waals surface area contributed by atoms with Gasteiger partial charge in [0.2, 0.25) is 5.91 Å². The summed E-state index contributed by atoms with van der Waals surface area (Å²) in [5, 5.41) is 7.02. The molecule has 0 unspecified atom stereocenters. The highest BCUT2D eigenvalue weighted by Gasteiger charge is 2.53. The van der Waals surface area contributed by atoms with Gasteiger partial charge in [0.05, 0.1) is 21.9 Å². The molecule has 0 radical (unpaired) electrons. The van der Waals surface area contributed by atoms with E-state index in [9.17, 15) is 14.4 Å². The predicted octanol–water partition coefficient (Wildman–Crippen LogP) is 1.36. The van der Waals surface area contributed by atoms with Crippen LogP contribution in [0.2, 0.25) is 0 Å². The van der Waals surface area contributed by atoms with Crippen LogP contribution in [-0.2, 0) is 26.2 Å². The summed E-state index contributed by atoms with van der Waals surface area (Å²) >= 11 is 1.59. The molecule has 2 amide bonds. The Morgan fingerprint density at radius 2 is 2.12 bits per heavy atom. The minimum atomic E-state index is -0.962. The number of amides is 2. The van der Waals surface area contributed by atoms with Gasteiger partial charge in [0.1, 0.15) is 6.04 Å². The van der Waals surface area contributed by atoms with Crippen molar-refractivity contribution >= 4 is 35.2 Å². The molecule has 142 valence electrons. The molecule has 0 bridgehead atoms. The molecule has 2 fully saturated rings. The summed E-state index contributed by atoms with van der Waals surface area (Å²) in [7, 11) is 1.79. The topological polar surface area (TPSA) is 93.5 Å². The number of esters is 1. The standard InChI is InChI=1S/C17H24N4O4S/c1-9-14(10(2)20(5)19-9)18-15(23)11(3)25-16(24)12-8-26-17(4)7-6-13(22)21(12)17/h11-12H,6-8H2,1-5H3,(H,18,23)/t11-,12+,17-/m0/s1. The Morgan fingerprint density at radius 3 is 2.73 bits per heavy atom. The monoisotopic (exact) mass is 380 g/mol. The molecule has 1 aromatic rings. The van der Waals surface area contributed by atoms with Crippen LogP contribution in [0.4, 0.5) is 5.69 Å². The van der Waals surface area contributed by atoms with E-state index in [1.807, 2.05) is 13.8 Å². The van der Waals surface area contributed by atoms with E-state index in [4.69, 9.17) is 4.74 Å². The molecular formula is C17H24N4O4S. The molecule has 8 nitrogen and oxygen atoms in total. The first-order valence-electron chi connectivity index (χ1n) is 8.61. The third-order valence-electron chi connectivity index (χ3n) is 5.14. The van der Waals surface area contributed by atoms with Gasteiger partial charge in [-0.3, -0.25) is 14.3 Å². The van der Waals surface area contributed by atoms with Crippen molar-refractivity contribution in [2.24, 2.45) is 7.05 Å². The molecule has 1 N–H and O–H groups in total. The minimum Gasteiger partial charge on any atom is -0.451 e. The number of hydrogen-bond acceptors (Lipinski definition) is 6. The lowest BCUT2D eigenvalue weighted by Crippen LogP contribution is -2.48. The zero-order valence-electron chi connectivity index (χ0n) is 15.7. The van der Waals surface area contributed by atoms with Gasteiger partial charge in [-0.2, -0.15) is 5.10 Å². The molecule has 3 rings (SSSR count). The van der Waals surface area contributed by atoms with Gasteiger partial charge in [0.25, 0.3) is 5.91 Å². The van der Waals surface area contributed by atoms with Gasteiger partial charge in [0.15, 0.2) is 6.10 Å². The number of aromatic nitrogens is 2. The summed E-state index contributed by atoms with van der Waals surface area (Å²) in [5.41, 5.74) is 2.14. The highest BCUT2D eigenvalue weighted by atomic mass is 32.2. The minimum absolute atomic E-state index is 0.0295. The van der Waals surface area contributed by atoms with Crippen LogP contribution in [0.5, 0.6) is 0 Å². The van der Waals surface area contributed by atoms with Gasteiger partial charge in [-0.15, -0.1) is 11.8 Å². The van der Waals surface area contributed by atoms with Gasteiger partial charge >= 0.3 is 5.97 Å². The van der Waals surface area contributed by atoms with E-state index in [1.54, 1.807) is 35.3 Å². The fourth-order valence-corrected chi connectivity index (χ4v) is 4.90. The van der Waals surface area contributed by atoms with Crippen LogP contribution in [-0.4, -0.2) is 55.2 Å². The summed E-state index contributed by atoms with van der Waals surface area (Å²) in [5.74, 6) is -0.480. The average molecular weight is 380 g/mol. The number of carbonyl (C=O) groups is 3. The summed E-state index contributed by atoms with van der Waals surface area (Å²) in [4.78, 5) is 38.4. The number of nitrogens with one attached hydrogen (secondary N) is 1. The first-order valence-corrected chi connectivity index (χ1v) is 9.60.